The molecule has 0 atom stereocenters. The van der Waals surface area contributed by atoms with Crippen LogP contribution in [0.5, 0.6) is 5.75 Å². The van der Waals surface area contributed by atoms with Gasteiger partial charge in [0.1, 0.15) is 12.4 Å². The normalized spacial score (nSPS) is 10.1. The number of carbonyl (C=O) groups excluding carboxylic acids is 1. The number of carbonyl (C=O) groups is 1. The van der Waals surface area contributed by atoms with Gasteiger partial charge in [-0.3, -0.25) is 0 Å². The van der Waals surface area contributed by atoms with Crippen molar-refractivity contribution in [3.05, 3.63) is 65.2 Å². The molecule has 116 valence electrons. The molecule has 0 aliphatic rings. The van der Waals surface area contributed by atoms with E-state index in [1.807, 2.05) is 49.4 Å². The second-order valence-corrected chi connectivity index (χ2v) is 5.14. The highest BCUT2D eigenvalue weighted by molar-refractivity contribution is 5.73. The van der Waals surface area contributed by atoms with Gasteiger partial charge < -0.3 is 15.4 Å². The number of rotatable bonds is 6. The SMILES string of the molecule is Cc1cccc(OCCNC(=O)NCc2ccccc2)c1C. The topological polar surface area (TPSA) is 50.4 Å². The van der Waals surface area contributed by atoms with E-state index < -0.39 is 0 Å². The number of nitrogens with one attached hydrogen (secondary N) is 2. The van der Waals surface area contributed by atoms with Crippen LogP contribution in [0, 0.1) is 13.8 Å². The maximum atomic E-state index is 11.7. The van der Waals surface area contributed by atoms with Gasteiger partial charge in [-0.15, -0.1) is 0 Å². The van der Waals surface area contributed by atoms with Crippen molar-refractivity contribution in [1.82, 2.24) is 10.6 Å². The summed E-state index contributed by atoms with van der Waals surface area (Å²) < 4.78 is 5.69. The standard InChI is InChI=1S/C18H22N2O2/c1-14-7-6-10-17(15(14)2)22-12-11-19-18(21)20-13-16-8-4-3-5-9-16/h3-10H,11-13H2,1-2H3,(H2,19,20,21). The van der Waals surface area contributed by atoms with E-state index in [4.69, 9.17) is 4.74 Å². The first-order valence-electron chi connectivity index (χ1n) is 7.41. The zero-order valence-corrected chi connectivity index (χ0v) is 13.1. The van der Waals surface area contributed by atoms with E-state index in [-0.39, 0.29) is 6.03 Å². The molecule has 0 saturated heterocycles. The summed E-state index contributed by atoms with van der Waals surface area (Å²) in [5.74, 6) is 0.867. The maximum absolute atomic E-state index is 11.7. The van der Waals surface area contributed by atoms with Crippen LogP contribution in [0.4, 0.5) is 4.79 Å². The van der Waals surface area contributed by atoms with Crippen LogP contribution < -0.4 is 15.4 Å². The van der Waals surface area contributed by atoms with Gasteiger partial charge in [-0.05, 0) is 36.6 Å². The van der Waals surface area contributed by atoms with Gasteiger partial charge in [0.2, 0.25) is 0 Å². The van der Waals surface area contributed by atoms with Crippen molar-refractivity contribution in [3.63, 3.8) is 0 Å². The monoisotopic (exact) mass is 298 g/mol. The Morgan fingerprint density at radius 1 is 1.00 bits per heavy atom. The predicted octanol–water partition coefficient (Wildman–Crippen LogP) is 3.18. The minimum absolute atomic E-state index is 0.187. The fourth-order valence-electron chi connectivity index (χ4n) is 2.05. The molecule has 0 aromatic heterocycles. The predicted molar refractivity (Wildman–Crippen MR) is 88.1 cm³/mol. The summed E-state index contributed by atoms with van der Waals surface area (Å²) in [6, 6.07) is 15.6. The van der Waals surface area contributed by atoms with Gasteiger partial charge >= 0.3 is 6.03 Å². The molecule has 0 unspecified atom stereocenters. The van der Waals surface area contributed by atoms with Crippen molar-refractivity contribution in [2.45, 2.75) is 20.4 Å². The molecule has 0 fully saturated rings. The summed E-state index contributed by atoms with van der Waals surface area (Å²) in [5, 5.41) is 5.59. The molecule has 0 aliphatic carbocycles. The van der Waals surface area contributed by atoms with Gasteiger partial charge in [0, 0.05) is 6.54 Å². The van der Waals surface area contributed by atoms with Gasteiger partial charge in [-0.25, -0.2) is 4.79 Å². The van der Waals surface area contributed by atoms with E-state index in [2.05, 4.69) is 23.6 Å². The Morgan fingerprint density at radius 2 is 1.77 bits per heavy atom. The largest absolute Gasteiger partial charge is 0.491 e. The lowest BCUT2D eigenvalue weighted by atomic mass is 10.1. The lowest BCUT2D eigenvalue weighted by Gasteiger charge is -2.12. The Balaban J connectivity index is 1.66. The quantitative estimate of drug-likeness (QED) is 0.805. The third-order valence-electron chi connectivity index (χ3n) is 3.50. The summed E-state index contributed by atoms with van der Waals surface area (Å²) in [5.41, 5.74) is 3.41. The molecule has 2 aromatic rings. The molecule has 0 spiro atoms. The molecule has 2 N–H and O–H groups in total. The number of benzene rings is 2. The first-order chi connectivity index (χ1) is 10.7. The van der Waals surface area contributed by atoms with Gasteiger partial charge in [-0.2, -0.15) is 0 Å². The van der Waals surface area contributed by atoms with Crippen LogP contribution in [-0.2, 0) is 6.54 Å². The third kappa shape index (κ3) is 4.81. The van der Waals surface area contributed by atoms with Gasteiger partial charge in [0.25, 0.3) is 0 Å². The third-order valence-corrected chi connectivity index (χ3v) is 3.50. The Kier molecular flexibility index (Phi) is 5.83. The van der Waals surface area contributed by atoms with Crippen LogP contribution in [0.2, 0.25) is 0 Å². The molecule has 0 heterocycles. The lowest BCUT2D eigenvalue weighted by molar-refractivity contribution is 0.236. The number of ether oxygens (including phenoxy) is 1. The minimum Gasteiger partial charge on any atom is -0.491 e. The molecule has 0 saturated carbocycles. The molecule has 0 aliphatic heterocycles. The molecule has 2 aromatic carbocycles. The van der Waals surface area contributed by atoms with Crippen LogP contribution >= 0.6 is 0 Å². The second-order valence-electron chi connectivity index (χ2n) is 5.14. The molecular weight excluding hydrogens is 276 g/mol. The van der Waals surface area contributed by atoms with E-state index in [0.29, 0.717) is 19.7 Å². The average molecular weight is 298 g/mol. The molecule has 4 heteroatoms. The fraction of sp³-hybridized carbons (Fsp3) is 0.278. The summed E-state index contributed by atoms with van der Waals surface area (Å²) >= 11 is 0. The van der Waals surface area contributed by atoms with Crippen molar-refractivity contribution < 1.29 is 9.53 Å². The van der Waals surface area contributed by atoms with Crippen LogP contribution in [-0.4, -0.2) is 19.2 Å². The fourth-order valence-corrected chi connectivity index (χ4v) is 2.05. The lowest BCUT2D eigenvalue weighted by Crippen LogP contribution is -2.37. The molecule has 4 nitrogen and oxygen atoms in total. The number of hydrogen-bond acceptors (Lipinski definition) is 2. The van der Waals surface area contributed by atoms with Gasteiger partial charge in [-0.1, -0.05) is 42.5 Å². The summed E-state index contributed by atoms with van der Waals surface area (Å²) in [4.78, 5) is 11.7. The first-order valence-corrected chi connectivity index (χ1v) is 7.41. The van der Waals surface area contributed by atoms with Crippen molar-refractivity contribution >= 4 is 6.03 Å². The van der Waals surface area contributed by atoms with Gasteiger partial charge in [0.15, 0.2) is 0 Å². The second kappa shape index (κ2) is 8.08. The Labute approximate surface area is 131 Å². The highest BCUT2D eigenvalue weighted by Crippen LogP contribution is 2.20. The van der Waals surface area contributed by atoms with E-state index in [0.717, 1.165) is 16.9 Å². The highest BCUT2D eigenvalue weighted by Gasteiger charge is 2.03. The average Bonchev–Trinajstić information content (AvgIpc) is 2.54. The zero-order chi connectivity index (χ0) is 15.8. The maximum Gasteiger partial charge on any atom is 0.315 e. The van der Waals surface area contributed by atoms with Crippen LogP contribution in [0.25, 0.3) is 0 Å². The van der Waals surface area contributed by atoms with Crippen LogP contribution in [0.3, 0.4) is 0 Å². The van der Waals surface area contributed by atoms with Crippen LogP contribution in [0.15, 0.2) is 48.5 Å². The minimum atomic E-state index is -0.187. The molecule has 2 amide bonds. The molecule has 0 bridgehead atoms. The van der Waals surface area contributed by atoms with Crippen molar-refractivity contribution in [2.24, 2.45) is 0 Å². The van der Waals surface area contributed by atoms with Gasteiger partial charge in [0.05, 0.1) is 6.54 Å². The Morgan fingerprint density at radius 3 is 2.55 bits per heavy atom. The van der Waals surface area contributed by atoms with E-state index in [9.17, 15) is 4.79 Å². The Hall–Kier alpha value is -2.49. The first kappa shape index (κ1) is 15.9. The van der Waals surface area contributed by atoms with Crippen molar-refractivity contribution in [3.8, 4) is 5.75 Å². The van der Waals surface area contributed by atoms with E-state index >= 15 is 0 Å². The molecular formula is C18H22N2O2. The molecule has 2 rings (SSSR count). The Bertz CT molecular complexity index is 612. The van der Waals surface area contributed by atoms with Crippen LogP contribution in [0.1, 0.15) is 16.7 Å². The molecule has 0 radical (unpaired) electrons. The summed E-state index contributed by atoms with van der Waals surface area (Å²) in [6.45, 7) is 5.52. The summed E-state index contributed by atoms with van der Waals surface area (Å²) in [7, 11) is 0. The van der Waals surface area contributed by atoms with E-state index in [1.165, 1.54) is 5.56 Å². The van der Waals surface area contributed by atoms with Crippen molar-refractivity contribution in [2.75, 3.05) is 13.2 Å². The number of amides is 2. The smallest absolute Gasteiger partial charge is 0.315 e. The number of hydrogen-bond donors (Lipinski definition) is 2. The zero-order valence-electron chi connectivity index (χ0n) is 13.1. The van der Waals surface area contributed by atoms with Crippen molar-refractivity contribution in [1.29, 1.82) is 0 Å². The highest BCUT2D eigenvalue weighted by atomic mass is 16.5. The van der Waals surface area contributed by atoms with E-state index in [1.54, 1.807) is 0 Å². The summed E-state index contributed by atoms with van der Waals surface area (Å²) in [6.07, 6.45) is 0. The number of aryl methyl sites for hydroxylation is 1. The molecule has 22 heavy (non-hydrogen) atoms. The number of urea groups is 1.